The molecule has 5 aliphatic rings. The number of halogens is 4. The molecule has 3 saturated heterocycles. The molecule has 4 aliphatic heterocycles. The quantitative estimate of drug-likeness (QED) is 0.0237. The third kappa shape index (κ3) is 20.4. The van der Waals surface area contributed by atoms with Crippen molar-refractivity contribution in [1.29, 1.82) is 0 Å². The summed E-state index contributed by atoms with van der Waals surface area (Å²) in [4.78, 5) is 83.0. The van der Waals surface area contributed by atoms with E-state index < -0.39 is 88.3 Å². The molecule has 6 atom stereocenters. The van der Waals surface area contributed by atoms with Crippen molar-refractivity contribution in [2.75, 3.05) is 88.0 Å². The van der Waals surface area contributed by atoms with Gasteiger partial charge in [-0.2, -0.15) is 13.2 Å². The van der Waals surface area contributed by atoms with Crippen molar-refractivity contribution in [3.05, 3.63) is 159 Å². The van der Waals surface area contributed by atoms with Crippen molar-refractivity contribution >= 4 is 101 Å². The maximum atomic E-state index is 14.7. The first kappa shape index (κ1) is 81.6. The molecule has 29 heteroatoms. The summed E-state index contributed by atoms with van der Waals surface area (Å²) in [5.41, 5.74) is 2.96. The number of piperazine rings is 2. The molecular weight excluding hydrogens is 1490 g/mol. The summed E-state index contributed by atoms with van der Waals surface area (Å²) < 4.78 is 107. The number of sulfonamides is 1. The molecule has 1 aromatic heterocycles. The lowest BCUT2D eigenvalue weighted by atomic mass is 9.72. The van der Waals surface area contributed by atoms with Gasteiger partial charge in [0.1, 0.15) is 17.1 Å². The van der Waals surface area contributed by atoms with Gasteiger partial charge in [0.15, 0.2) is 0 Å². The number of allylic oxidation sites excluding steroid dienone is 1. The van der Waals surface area contributed by atoms with Gasteiger partial charge in [0.25, 0.3) is 25.8 Å². The van der Waals surface area contributed by atoms with Crippen LogP contribution in [0.25, 0.3) is 16.0 Å². The van der Waals surface area contributed by atoms with E-state index in [-0.39, 0.29) is 72.9 Å². The Hall–Kier alpha value is -7.41. The number of aliphatic hydroxyl groups is 1. The van der Waals surface area contributed by atoms with Crippen molar-refractivity contribution in [2.45, 2.75) is 176 Å². The molecule has 5 heterocycles. The Kier molecular flexibility index (Phi) is 26.3. The van der Waals surface area contributed by atoms with Gasteiger partial charge in [-0.05, 0) is 146 Å². The van der Waals surface area contributed by atoms with Crippen LogP contribution in [0.3, 0.4) is 0 Å². The van der Waals surface area contributed by atoms with Crippen LogP contribution in [0.4, 0.5) is 24.5 Å². The standard InChI is InChI=1S/C79H98ClF3N10O11S4/c1-51(53-18-20-55(21-19-53)72-52(2)84-50-106-72)74(97)86-69-41-62(94)46-93(69)76(99)73(77(3,4)5)87-70(95)16-12-9-13-17-71(96)91-37-34-89(35-38-91)33-31-60(49-105-63-14-10-8-11-15-63)85-66-28-27-64(42-68(66)107(100,101)79(81,82)83)108(102,103)88-75(98)56-24-29-67-57(40-56)47-104-48-61-45-90(36-39-92(61)67)44-58-43-78(6,7)32-30-65(58)54-22-25-59(80)26-23-54/h8,10-11,14-15,18-29,40,42,50-51,60-62,69,73,85,94H,9,12-13,16-17,30-39,41,43-49H2,1-7H3,(H,86,97)(H,87,95)(H,88,98)/t51-,60+,61?,62+,69-,73+/m0/s1. The number of thiazole rings is 1. The van der Waals surface area contributed by atoms with Gasteiger partial charge < -0.3 is 40.5 Å². The molecular formula is C79H98ClF3N10O11S4. The van der Waals surface area contributed by atoms with Crippen LogP contribution in [0.15, 0.2) is 141 Å². The summed E-state index contributed by atoms with van der Waals surface area (Å²) >= 11 is 9.19. The number of anilines is 2. The highest BCUT2D eigenvalue weighted by Gasteiger charge is 2.49. The molecule has 0 saturated carbocycles. The van der Waals surface area contributed by atoms with Crippen molar-refractivity contribution in [3.63, 3.8) is 0 Å². The highest BCUT2D eigenvalue weighted by atomic mass is 35.5. The Morgan fingerprint density at radius 1 is 0.833 bits per heavy atom. The van der Waals surface area contributed by atoms with E-state index in [0.717, 1.165) is 83.3 Å². The third-order valence-electron chi connectivity index (χ3n) is 21.1. The van der Waals surface area contributed by atoms with Crippen LogP contribution in [0.2, 0.25) is 5.02 Å². The smallest absolute Gasteiger partial charge is 0.391 e. The number of hydrogen-bond acceptors (Lipinski definition) is 18. The summed E-state index contributed by atoms with van der Waals surface area (Å²) in [5, 5.41) is 20.4. The number of rotatable bonds is 27. The number of hydrogen-bond donors (Lipinski definition) is 5. The summed E-state index contributed by atoms with van der Waals surface area (Å²) in [5.74, 6) is -2.53. The Labute approximate surface area is 645 Å². The Balaban J connectivity index is 0.660. The minimum absolute atomic E-state index is 0.0169. The van der Waals surface area contributed by atoms with E-state index in [2.05, 4.69) is 61.6 Å². The average Bonchev–Trinajstić information content (AvgIpc) is 0.927. The van der Waals surface area contributed by atoms with E-state index in [0.29, 0.717) is 88.2 Å². The maximum absolute atomic E-state index is 14.7. The van der Waals surface area contributed by atoms with Crippen LogP contribution in [-0.2, 0) is 50.4 Å². The van der Waals surface area contributed by atoms with Gasteiger partial charge >= 0.3 is 5.51 Å². The highest BCUT2D eigenvalue weighted by Crippen LogP contribution is 2.44. The number of aliphatic hydroxyl groups excluding tert-OH is 1. The topological polar surface area (TPSA) is 260 Å². The number of nitrogens with one attached hydrogen (secondary N) is 4. The maximum Gasteiger partial charge on any atom is 0.501 e. The number of ether oxygens (including phenoxy) is 1. The van der Waals surface area contributed by atoms with Gasteiger partial charge in [0.2, 0.25) is 23.6 Å². The SMILES string of the molecule is Cc1ncsc1-c1ccc([C@H](C)C(=O)N[C@@H]2C[C@@H](O)CN2C(=O)[C@@H](NC(=O)CCCCCC(=O)N2CCN(CC[C@H](CSc3ccccc3)Nc3ccc(S(=O)(=O)NC(=O)c4ccc5c(c4)COCC4CN(CC6=C(c7ccc(Cl)cc7)CCC(C)(C)C6)CCN54)cc3S(=O)(=O)C(F)(F)F)CC2)C(C)(C)C)cc1. The van der Waals surface area contributed by atoms with Gasteiger partial charge in [-0.25, -0.2) is 26.5 Å². The van der Waals surface area contributed by atoms with Gasteiger partial charge in [0.05, 0.1) is 57.9 Å². The Morgan fingerprint density at radius 2 is 1.54 bits per heavy atom. The first-order valence-corrected chi connectivity index (χ1v) is 42.1. The molecule has 5 amide bonds. The molecule has 5 N–H and O–H groups in total. The summed E-state index contributed by atoms with van der Waals surface area (Å²) in [6, 6.07) is 30.4. The highest BCUT2D eigenvalue weighted by molar-refractivity contribution is 7.99. The molecule has 21 nitrogen and oxygen atoms in total. The molecule has 0 spiro atoms. The number of carbonyl (C=O) groups is 5. The van der Waals surface area contributed by atoms with E-state index in [9.17, 15) is 59.1 Å². The fourth-order valence-corrected chi connectivity index (χ4v) is 18.9. The van der Waals surface area contributed by atoms with Gasteiger partial charge in [-0.1, -0.05) is 113 Å². The molecule has 11 rings (SSSR count). The number of alkyl halides is 3. The number of benzene rings is 5. The summed E-state index contributed by atoms with van der Waals surface area (Å²) in [6.07, 6.45) is 3.62. The second-order valence-corrected chi connectivity index (χ2v) is 36.8. The minimum Gasteiger partial charge on any atom is -0.391 e. The monoisotopic (exact) mass is 1580 g/mol. The average molecular weight is 1580 g/mol. The molecule has 1 unspecified atom stereocenters. The van der Waals surface area contributed by atoms with E-state index in [1.165, 1.54) is 56.8 Å². The number of likely N-dealkylation sites (tertiary alicyclic amines) is 1. The number of unbranched alkanes of at least 4 members (excludes halogenated alkanes) is 2. The van der Waals surface area contributed by atoms with Gasteiger partial charge in [-0.15, -0.1) is 23.1 Å². The molecule has 582 valence electrons. The number of aryl methyl sites for hydroxylation is 1. The number of nitrogens with zero attached hydrogens (tertiary/aromatic N) is 6. The fourth-order valence-electron chi connectivity index (χ4n) is 14.9. The van der Waals surface area contributed by atoms with Crippen molar-refractivity contribution in [2.24, 2.45) is 10.8 Å². The van der Waals surface area contributed by atoms with Crippen LogP contribution in [0.1, 0.15) is 144 Å². The fraction of sp³-hybridized carbons (Fsp3) is 0.494. The number of sulfone groups is 1. The molecule has 108 heavy (non-hydrogen) atoms. The van der Waals surface area contributed by atoms with Crippen molar-refractivity contribution in [1.82, 2.24) is 39.9 Å². The third-order valence-corrected chi connectivity index (χ3v) is 26.4. The molecule has 0 bridgehead atoms. The van der Waals surface area contributed by atoms with Gasteiger partial charge in [-0.3, -0.25) is 33.8 Å². The number of fused-ring (bicyclic) bond motifs is 3. The molecule has 6 aromatic rings. The lowest BCUT2D eigenvalue weighted by Gasteiger charge is -2.43. The Bertz CT molecular complexity index is 4480. The van der Waals surface area contributed by atoms with Crippen LogP contribution >= 0.6 is 34.7 Å². The first-order chi connectivity index (χ1) is 51.2. The zero-order chi connectivity index (χ0) is 77.5. The van der Waals surface area contributed by atoms with E-state index >= 15 is 0 Å². The molecule has 3 fully saturated rings. The second-order valence-electron chi connectivity index (χ2n) is 30.8. The lowest BCUT2D eigenvalue weighted by molar-refractivity contribution is -0.142. The minimum atomic E-state index is -6.21. The first-order valence-electron chi connectivity index (χ1n) is 36.9. The molecule has 5 aromatic carbocycles. The predicted octanol–water partition coefficient (Wildman–Crippen LogP) is 12.3. The van der Waals surface area contributed by atoms with Crippen LogP contribution in [-0.4, -0.2) is 190 Å². The summed E-state index contributed by atoms with van der Waals surface area (Å²) in [6.45, 7) is 19.4. The van der Waals surface area contributed by atoms with Crippen LogP contribution in [0, 0.1) is 17.8 Å². The number of aromatic nitrogens is 1. The predicted molar refractivity (Wildman–Crippen MR) is 416 cm³/mol. The lowest BCUT2D eigenvalue weighted by Crippen LogP contribution is -2.58. The van der Waals surface area contributed by atoms with Crippen molar-refractivity contribution < 1.29 is 63.8 Å². The Morgan fingerprint density at radius 3 is 2.23 bits per heavy atom. The number of carbonyl (C=O) groups excluding carboxylic acids is 5. The van der Waals surface area contributed by atoms with E-state index in [1.54, 1.807) is 23.4 Å². The number of β-amino-alcohol motifs (C(OH)–C–C–N with tert-alkyl or cyclic N) is 1. The summed E-state index contributed by atoms with van der Waals surface area (Å²) in [7, 11) is -11.2. The largest absolute Gasteiger partial charge is 0.501 e. The van der Waals surface area contributed by atoms with Crippen LogP contribution in [0.5, 0.6) is 0 Å². The number of thioether (sulfide) groups is 1. The second kappa shape index (κ2) is 34.9. The van der Waals surface area contributed by atoms with E-state index in [1.807, 2.05) is 99.1 Å². The zero-order valence-electron chi connectivity index (χ0n) is 62.1. The number of amides is 5. The zero-order valence-corrected chi connectivity index (χ0v) is 66.2. The van der Waals surface area contributed by atoms with E-state index in [4.69, 9.17) is 16.3 Å². The molecule has 0 radical (unpaired) electrons. The van der Waals surface area contributed by atoms with Gasteiger partial charge in [0, 0.05) is 123 Å². The van der Waals surface area contributed by atoms with Crippen molar-refractivity contribution in [3.8, 4) is 10.4 Å². The molecule has 1 aliphatic carbocycles. The normalized spacial score (nSPS) is 19.7. The van der Waals surface area contributed by atoms with Crippen LogP contribution < -0.4 is 25.6 Å².